The number of anilines is 1. The molecule has 9 heteroatoms. The van der Waals surface area contributed by atoms with Crippen molar-refractivity contribution >= 4 is 11.9 Å². The molecule has 5 heterocycles. The monoisotopic (exact) mass is 387 g/mol. The van der Waals surface area contributed by atoms with Gasteiger partial charge in [0.25, 0.3) is 0 Å². The zero-order chi connectivity index (χ0) is 19.8. The summed E-state index contributed by atoms with van der Waals surface area (Å²) in [6.45, 7) is 5.58. The van der Waals surface area contributed by atoms with Crippen LogP contribution in [0.15, 0.2) is 10.6 Å². The fourth-order valence-electron chi connectivity index (χ4n) is 4.05. The van der Waals surface area contributed by atoms with E-state index in [4.69, 9.17) is 14.0 Å². The molecule has 2 bridgehead atoms. The van der Waals surface area contributed by atoms with Crippen LogP contribution in [0.4, 0.5) is 5.95 Å². The molecule has 0 spiro atoms. The van der Waals surface area contributed by atoms with Crippen molar-refractivity contribution in [1.82, 2.24) is 20.0 Å². The van der Waals surface area contributed by atoms with E-state index < -0.39 is 0 Å². The van der Waals surface area contributed by atoms with Gasteiger partial charge in [0.2, 0.25) is 23.6 Å². The Kier molecular flexibility index (Phi) is 4.82. The summed E-state index contributed by atoms with van der Waals surface area (Å²) in [5.41, 5.74) is 1.83. The highest BCUT2D eigenvalue weighted by atomic mass is 16.5. The third-order valence-electron chi connectivity index (χ3n) is 5.67. The first kappa shape index (κ1) is 18.5. The average Bonchev–Trinajstić information content (AvgIpc) is 2.89. The number of methoxy groups -OCH3 is 2. The molecule has 0 saturated carbocycles. The van der Waals surface area contributed by atoms with Crippen LogP contribution < -0.4 is 14.4 Å². The molecule has 3 saturated heterocycles. The van der Waals surface area contributed by atoms with Crippen LogP contribution in [0.3, 0.4) is 0 Å². The lowest BCUT2D eigenvalue weighted by Gasteiger charge is -2.35. The van der Waals surface area contributed by atoms with E-state index in [0.29, 0.717) is 37.3 Å². The van der Waals surface area contributed by atoms with Gasteiger partial charge in [-0.2, -0.15) is 9.97 Å². The molecule has 150 valence electrons. The highest BCUT2D eigenvalue weighted by molar-refractivity contribution is 5.81. The van der Waals surface area contributed by atoms with Gasteiger partial charge in [0.15, 0.2) is 0 Å². The van der Waals surface area contributed by atoms with Gasteiger partial charge in [-0.05, 0) is 26.7 Å². The number of amides is 1. The van der Waals surface area contributed by atoms with E-state index in [1.54, 1.807) is 20.3 Å². The first-order valence-corrected chi connectivity index (χ1v) is 9.44. The molecule has 28 heavy (non-hydrogen) atoms. The minimum absolute atomic E-state index is 0.0833. The Labute approximate surface area is 163 Å². The van der Waals surface area contributed by atoms with E-state index in [1.165, 1.54) is 0 Å². The molecule has 0 aliphatic carbocycles. The second-order valence-corrected chi connectivity index (χ2v) is 7.35. The summed E-state index contributed by atoms with van der Waals surface area (Å²) in [5, 5.41) is 4.02. The Morgan fingerprint density at radius 1 is 1.14 bits per heavy atom. The SMILES string of the molecule is COc1cc(OC)nc(N2C[C@H]3CC[C@@H](C2)N(Cc2c(C)noc2C)C3=O)n1. The van der Waals surface area contributed by atoms with Crippen LogP contribution in [0.5, 0.6) is 11.8 Å². The summed E-state index contributed by atoms with van der Waals surface area (Å²) in [4.78, 5) is 26.1. The van der Waals surface area contributed by atoms with E-state index in [9.17, 15) is 4.79 Å². The fourth-order valence-corrected chi connectivity index (χ4v) is 4.05. The third kappa shape index (κ3) is 3.25. The van der Waals surface area contributed by atoms with Gasteiger partial charge in [-0.3, -0.25) is 4.79 Å². The fraction of sp³-hybridized carbons (Fsp3) is 0.579. The zero-order valence-electron chi connectivity index (χ0n) is 16.6. The molecule has 2 atom stereocenters. The Bertz CT molecular complexity index is 841. The van der Waals surface area contributed by atoms with Gasteiger partial charge in [-0.25, -0.2) is 0 Å². The van der Waals surface area contributed by atoms with Crippen LogP contribution in [0.2, 0.25) is 0 Å². The van der Waals surface area contributed by atoms with Crippen LogP contribution in [0.1, 0.15) is 29.9 Å². The molecule has 9 nitrogen and oxygen atoms in total. The van der Waals surface area contributed by atoms with Crippen LogP contribution in [-0.2, 0) is 11.3 Å². The summed E-state index contributed by atoms with van der Waals surface area (Å²) < 4.78 is 15.8. The standard InChI is InChI=1S/C19H25N5O4/c1-11-15(12(2)28-22-11)10-24-14-6-5-13(18(24)25)8-23(9-14)19-20-16(26-3)7-17(21-19)27-4/h7,13-14H,5-6,8-10H2,1-4H3/t13-,14+/m1/s1. The van der Waals surface area contributed by atoms with Crippen LogP contribution in [0.25, 0.3) is 0 Å². The first-order chi connectivity index (χ1) is 13.5. The number of ether oxygens (including phenoxy) is 2. The molecule has 2 aromatic heterocycles. The number of nitrogens with zero attached hydrogens (tertiary/aromatic N) is 5. The maximum Gasteiger partial charge on any atom is 0.232 e. The number of hydrogen-bond donors (Lipinski definition) is 0. The number of carbonyl (C=O) groups is 1. The summed E-state index contributed by atoms with van der Waals surface area (Å²) >= 11 is 0. The number of aryl methyl sites for hydroxylation is 2. The van der Waals surface area contributed by atoms with Crippen molar-refractivity contribution in [3.63, 3.8) is 0 Å². The molecule has 2 aromatic rings. The molecular formula is C19H25N5O4. The van der Waals surface area contributed by atoms with Gasteiger partial charge >= 0.3 is 0 Å². The lowest BCUT2D eigenvalue weighted by molar-refractivity contribution is -0.140. The quantitative estimate of drug-likeness (QED) is 0.766. The maximum absolute atomic E-state index is 13.1. The van der Waals surface area contributed by atoms with Crippen molar-refractivity contribution in [2.24, 2.45) is 5.92 Å². The first-order valence-electron chi connectivity index (χ1n) is 9.44. The molecule has 3 aliphatic rings. The topological polar surface area (TPSA) is 93.8 Å². The predicted molar refractivity (Wildman–Crippen MR) is 100 cm³/mol. The Morgan fingerprint density at radius 3 is 2.46 bits per heavy atom. The molecule has 5 rings (SSSR count). The second kappa shape index (κ2) is 7.29. The second-order valence-electron chi connectivity index (χ2n) is 7.35. The number of rotatable bonds is 5. The van der Waals surface area contributed by atoms with Gasteiger partial charge in [0, 0.05) is 24.7 Å². The van der Waals surface area contributed by atoms with Crippen LogP contribution in [0, 0.1) is 19.8 Å². The van der Waals surface area contributed by atoms with Crippen LogP contribution >= 0.6 is 0 Å². The number of piperidine rings is 1. The number of fused-ring (bicyclic) bond motifs is 4. The minimum Gasteiger partial charge on any atom is -0.481 e. The van der Waals surface area contributed by atoms with Gasteiger partial charge in [0.1, 0.15) is 5.76 Å². The number of aromatic nitrogens is 3. The smallest absolute Gasteiger partial charge is 0.232 e. The molecule has 3 fully saturated rings. The molecular weight excluding hydrogens is 362 g/mol. The van der Waals surface area contributed by atoms with Crippen molar-refractivity contribution in [1.29, 1.82) is 0 Å². The Morgan fingerprint density at radius 2 is 1.86 bits per heavy atom. The zero-order valence-corrected chi connectivity index (χ0v) is 16.6. The number of carbonyl (C=O) groups excluding carboxylic acids is 1. The van der Waals surface area contributed by atoms with Gasteiger partial charge in [0.05, 0.1) is 38.4 Å². The van der Waals surface area contributed by atoms with Crippen molar-refractivity contribution < 1.29 is 18.8 Å². The normalized spacial score (nSPS) is 21.8. The summed E-state index contributed by atoms with van der Waals surface area (Å²) in [6, 6.07) is 1.73. The van der Waals surface area contributed by atoms with E-state index >= 15 is 0 Å². The van der Waals surface area contributed by atoms with Crippen LogP contribution in [-0.4, -0.2) is 59.3 Å². The van der Waals surface area contributed by atoms with E-state index in [-0.39, 0.29) is 17.9 Å². The lowest BCUT2D eigenvalue weighted by atomic mass is 9.93. The lowest BCUT2D eigenvalue weighted by Crippen LogP contribution is -2.47. The summed E-state index contributed by atoms with van der Waals surface area (Å²) in [7, 11) is 3.12. The Balaban J connectivity index is 1.62. The van der Waals surface area contributed by atoms with Crippen molar-refractivity contribution in [3.05, 3.63) is 23.1 Å². The minimum atomic E-state index is -0.0833. The number of hydrogen-bond acceptors (Lipinski definition) is 8. The largest absolute Gasteiger partial charge is 0.481 e. The van der Waals surface area contributed by atoms with Crippen molar-refractivity contribution in [2.75, 3.05) is 32.2 Å². The molecule has 0 N–H and O–H groups in total. The van der Waals surface area contributed by atoms with Gasteiger partial charge in [-0.15, -0.1) is 0 Å². The molecule has 0 unspecified atom stereocenters. The summed E-state index contributed by atoms with van der Waals surface area (Å²) in [6.07, 6.45) is 1.83. The van der Waals surface area contributed by atoms with Gasteiger partial charge < -0.3 is 23.8 Å². The average molecular weight is 387 g/mol. The molecule has 0 radical (unpaired) electrons. The molecule has 1 amide bonds. The van der Waals surface area contributed by atoms with Gasteiger partial charge in [-0.1, -0.05) is 5.16 Å². The highest BCUT2D eigenvalue weighted by Gasteiger charge is 2.42. The van der Waals surface area contributed by atoms with E-state index in [2.05, 4.69) is 20.0 Å². The van der Waals surface area contributed by atoms with E-state index in [1.807, 2.05) is 18.7 Å². The van der Waals surface area contributed by atoms with Crippen molar-refractivity contribution in [2.45, 2.75) is 39.3 Å². The maximum atomic E-state index is 13.1. The summed E-state index contributed by atoms with van der Waals surface area (Å²) in [5.74, 6) is 2.27. The van der Waals surface area contributed by atoms with E-state index in [0.717, 1.165) is 29.9 Å². The predicted octanol–water partition coefficient (Wildman–Crippen LogP) is 1.73. The third-order valence-corrected chi connectivity index (χ3v) is 5.67. The molecule has 3 aliphatic heterocycles. The molecule has 0 aromatic carbocycles. The Hall–Kier alpha value is -2.84. The highest BCUT2D eigenvalue weighted by Crippen LogP contribution is 2.33. The van der Waals surface area contributed by atoms with Crippen molar-refractivity contribution in [3.8, 4) is 11.8 Å².